The van der Waals surface area contributed by atoms with E-state index in [-0.39, 0.29) is 6.04 Å². The molecule has 5 heteroatoms. The van der Waals surface area contributed by atoms with Crippen molar-refractivity contribution in [3.05, 3.63) is 152 Å². The Balaban J connectivity index is 1.38. The number of aromatic nitrogens is 4. The summed E-state index contributed by atoms with van der Waals surface area (Å²) in [5, 5.41) is 2.39. The average molecular weight is 565 g/mol. The molecule has 9 rings (SSSR count). The quantitative estimate of drug-likeness (QED) is 0.201. The Morgan fingerprint density at radius 3 is 1.82 bits per heavy atom. The van der Waals surface area contributed by atoms with E-state index in [1.807, 2.05) is 60.7 Å². The Morgan fingerprint density at radius 2 is 1.14 bits per heavy atom. The van der Waals surface area contributed by atoms with Crippen LogP contribution >= 0.6 is 0 Å². The van der Waals surface area contributed by atoms with Crippen molar-refractivity contribution in [1.29, 1.82) is 0 Å². The van der Waals surface area contributed by atoms with E-state index >= 15 is 0 Å². The molecule has 0 N–H and O–H groups in total. The summed E-state index contributed by atoms with van der Waals surface area (Å²) in [6.45, 7) is 0. The minimum atomic E-state index is 0.0764. The fraction of sp³-hybridized carbons (Fsp3) is 0.0256. The van der Waals surface area contributed by atoms with E-state index in [0.717, 1.165) is 28.1 Å². The molecule has 5 aromatic carbocycles. The van der Waals surface area contributed by atoms with Gasteiger partial charge in [0, 0.05) is 51.7 Å². The topological polar surface area (TPSA) is 46.6 Å². The molecule has 0 saturated carbocycles. The molecule has 3 heterocycles. The number of benzene rings is 5. The van der Waals surface area contributed by atoms with E-state index in [9.17, 15) is 0 Å². The first-order chi connectivity index (χ1) is 21.8. The second kappa shape index (κ2) is 9.82. The number of allylic oxidation sites excluding steroid dienone is 4. The van der Waals surface area contributed by atoms with Crippen LogP contribution in [-0.2, 0) is 0 Å². The van der Waals surface area contributed by atoms with Crippen molar-refractivity contribution in [1.82, 2.24) is 24.1 Å². The number of hydrogen-bond donors (Lipinski definition) is 0. The Hall–Kier alpha value is -5.94. The lowest BCUT2D eigenvalue weighted by Crippen LogP contribution is -2.30. The van der Waals surface area contributed by atoms with Gasteiger partial charge in [0.1, 0.15) is 11.6 Å². The van der Waals surface area contributed by atoms with Crippen molar-refractivity contribution >= 4 is 38.9 Å². The molecule has 7 aromatic rings. The molecule has 0 amide bonds. The molecule has 0 spiro atoms. The standard InChI is InChI=1S/C39H26N5/c1-4-14-26(15-5-1)37-40-38(27-16-6-2-7-17-27)42-39(41-37)28-24-31-30-20-10-11-21-32(30)44-34-23-13-12-22-33(34)43(35(25-28)36(31)44)29-18-8-3-9-19-29/h1-25,34H/q+1. The van der Waals surface area contributed by atoms with E-state index in [2.05, 4.69) is 100 Å². The van der Waals surface area contributed by atoms with Crippen LogP contribution in [0.2, 0.25) is 0 Å². The van der Waals surface area contributed by atoms with E-state index in [0.29, 0.717) is 17.5 Å². The summed E-state index contributed by atoms with van der Waals surface area (Å²) in [7, 11) is 0. The van der Waals surface area contributed by atoms with Gasteiger partial charge in [0.15, 0.2) is 17.5 Å². The SMILES string of the molecule is C1=CC2=[N+](c3ccccc3)c3cc(-c4nc(-c5ccccc5)nc(-c5ccccc5)n4)cc4c5ccccc5n(c34)C2C=C1. The van der Waals surface area contributed by atoms with Gasteiger partial charge in [-0.1, -0.05) is 115 Å². The predicted molar refractivity (Wildman–Crippen MR) is 179 cm³/mol. The minimum absolute atomic E-state index is 0.0764. The highest BCUT2D eigenvalue weighted by atomic mass is 15.2. The van der Waals surface area contributed by atoms with Crippen molar-refractivity contribution in [2.75, 3.05) is 0 Å². The van der Waals surface area contributed by atoms with Crippen LogP contribution < -0.4 is 4.58 Å². The van der Waals surface area contributed by atoms with Gasteiger partial charge in [0.05, 0.1) is 5.52 Å². The Morgan fingerprint density at radius 1 is 0.545 bits per heavy atom. The van der Waals surface area contributed by atoms with Gasteiger partial charge in [-0.05, 0) is 12.1 Å². The molecule has 2 aromatic heterocycles. The van der Waals surface area contributed by atoms with Crippen LogP contribution in [0, 0.1) is 0 Å². The van der Waals surface area contributed by atoms with E-state index in [1.165, 1.54) is 27.5 Å². The molecular weight excluding hydrogens is 538 g/mol. The first-order valence-corrected chi connectivity index (χ1v) is 14.8. The highest BCUT2D eigenvalue weighted by molar-refractivity contribution is 6.18. The lowest BCUT2D eigenvalue weighted by atomic mass is 10.00. The average Bonchev–Trinajstić information content (AvgIpc) is 3.44. The van der Waals surface area contributed by atoms with Gasteiger partial charge in [0.2, 0.25) is 17.1 Å². The van der Waals surface area contributed by atoms with Crippen molar-refractivity contribution in [3.8, 4) is 34.2 Å². The Kier molecular flexibility index (Phi) is 5.50. The van der Waals surface area contributed by atoms with Crippen LogP contribution in [0.5, 0.6) is 0 Å². The normalized spacial score (nSPS) is 15.2. The second-order valence-corrected chi connectivity index (χ2v) is 11.1. The van der Waals surface area contributed by atoms with Crippen molar-refractivity contribution in [2.45, 2.75) is 6.04 Å². The number of nitrogens with zero attached hydrogens (tertiary/aromatic N) is 5. The molecule has 44 heavy (non-hydrogen) atoms. The van der Waals surface area contributed by atoms with Gasteiger partial charge in [-0.3, -0.25) is 0 Å². The molecule has 5 nitrogen and oxygen atoms in total. The lowest BCUT2D eigenvalue weighted by molar-refractivity contribution is 0.781. The van der Waals surface area contributed by atoms with Crippen molar-refractivity contribution < 1.29 is 0 Å². The summed E-state index contributed by atoms with van der Waals surface area (Å²) in [4.78, 5) is 15.1. The first kappa shape index (κ1) is 24.6. The van der Waals surface area contributed by atoms with Gasteiger partial charge < -0.3 is 4.57 Å². The molecule has 1 aliphatic carbocycles. The maximum Gasteiger partial charge on any atom is 0.236 e. The largest absolute Gasteiger partial charge is 0.318 e. The summed E-state index contributed by atoms with van der Waals surface area (Å²) >= 11 is 0. The summed E-state index contributed by atoms with van der Waals surface area (Å²) in [5.41, 5.74) is 8.70. The third-order valence-corrected chi connectivity index (χ3v) is 8.51. The maximum atomic E-state index is 5.09. The van der Waals surface area contributed by atoms with Crippen molar-refractivity contribution in [3.63, 3.8) is 0 Å². The molecule has 1 unspecified atom stereocenters. The van der Waals surface area contributed by atoms with Gasteiger partial charge in [0.25, 0.3) is 0 Å². The fourth-order valence-electron chi connectivity index (χ4n) is 6.59. The molecule has 0 bridgehead atoms. The van der Waals surface area contributed by atoms with Crippen LogP contribution in [0.15, 0.2) is 152 Å². The molecule has 0 radical (unpaired) electrons. The molecule has 2 aliphatic rings. The first-order valence-electron chi connectivity index (χ1n) is 14.8. The zero-order valence-electron chi connectivity index (χ0n) is 23.7. The van der Waals surface area contributed by atoms with Crippen LogP contribution in [0.4, 0.5) is 11.4 Å². The van der Waals surface area contributed by atoms with E-state index in [4.69, 9.17) is 15.0 Å². The summed E-state index contributed by atoms with van der Waals surface area (Å²) in [6.07, 6.45) is 8.80. The zero-order chi connectivity index (χ0) is 29.0. The van der Waals surface area contributed by atoms with Crippen LogP contribution in [0.25, 0.3) is 56.0 Å². The third-order valence-electron chi connectivity index (χ3n) is 8.51. The fourth-order valence-corrected chi connectivity index (χ4v) is 6.59. The van der Waals surface area contributed by atoms with Crippen LogP contribution in [0.1, 0.15) is 6.04 Å². The number of para-hydroxylation sites is 2. The number of hydrogen-bond acceptors (Lipinski definition) is 3. The highest BCUT2D eigenvalue weighted by Crippen LogP contribution is 2.45. The highest BCUT2D eigenvalue weighted by Gasteiger charge is 2.38. The maximum absolute atomic E-state index is 5.09. The molecular formula is C39H26N5+. The molecule has 0 saturated heterocycles. The van der Waals surface area contributed by atoms with Crippen LogP contribution in [-0.4, -0.2) is 25.2 Å². The Bertz CT molecular complexity index is 2260. The lowest BCUT2D eigenvalue weighted by Gasteiger charge is -2.24. The van der Waals surface area contributed by atoms with E-state index in [1.54, 1.807) is 0 Å². The summed E-state index contributed by atoms with van der Waals surface area (Å²) in [6, 6.07) is 44.2. The molecule has 206 valence electrons. The number of rotatable bonds is 4. The van der Waals surface area contributed by atoms with Gasteiger partial charge in [-0.15, -0.1) is 0 Å². The van der Waals surface area contributed by atoms with Crippen molar-refractivity contribution in [2.24, 2.45) is 0 Å². The third kappa shape index (κ3) is 3.80. The van der Waals surface area contributed by atoms with Crippen LogP contribution in [0.3, 0.4) is 0 Å². The Labute approximate surface area is 254 Å². The monoisotopic (exact) mass is 564 g/mol. The summed E-state index contributed by atoms with van der Waals surface area (Å²) in [5.74, 6) is 1.95. The molecule has 0 fully saturated rings. The van der Waals surface area contributed by atoms with Gasteiger partial charge >= 0.3 is 0 Å². The second-order valence-electron chi connectivity index (χ2n) is 11.1. The smallest absolute Gasteiger partial charge is 0.236 e. The van der Waals surface area contributed by atoms with E-state index < -0.39 is 0 Å². The number of fused-ring (bicyclic) bond motifs is 5. The molecule has 1 aliphatic heterocycles. The minimum Gasteiger partial charge on any atom is -0.318 e. The van der Waals surface area contributed by atoms with Gasteiger partial charge in [-0.2, -0.15) is 4.58 Å². The predicted octanol–water partition coefficient (Wildman–Crippen LogP) is 8.94. The summed E-state index contributed by atoms with van der Waals surface area (Å²) < 4.78 is 4.88. The molecule has 1 atom stereocenters. The zero-order valence-corrected chi connectivity index (χ0v) is 23.7. The van der Waals surface area contributed by atoms with Gasteiger partial charge in [-0.25, -0.2) is 15.0 Å².